The van der Waals surface area contributed by atoms with Gasteiger partial charge in [0, 0.05) is 48.4 Å². The molecule has 7 atom stereocenters. The Bertz CT molecular complexity index is 1200. The van der Waals surface area contributed by atoms with Crippen molar-refractivity contribution >= 4 is 5.97 Å². The third-order valence-electron chi connectivity index (χ3n) is 12.6. The van der Waals surface area contributed by atoms with Crippen LogP contribution in [0.25, 0.3) is 0 Å². The van der Waals surface area contributed by atoms with E-state index in [0.717, 1.165) is 57.4 Å². The van der Waals surface area contributed by atoms with E-state index < -0.39 is 17.2 Å². The summed E-state index contributed by atoms with van der Waals surface area (Å²) in [6, 6.07) is 4.46. The van der Waals surface area contributed by atoms with Crippen LogP contribution in [-0.2, 0) is 21.4 Å². The zero-order valence-corrected chi connectivity index (χ0v) is 26.0. The summed E-state index contributed by atoms with van der Waals surface area (Å²) in [5, 5.41) is 31.2. The molecule has 1 aromatic carbocycles. The molecule has 5 fully saturated rings. The third kappa shape index (κ3) is 3.90. The molecule has 2 spiro atoms. The molecule has 0 unspecified atom stereocenters. The summed E-state index contributed by atoms with van der Waals surface area (Å²) in [6.45, 7) is 12.8. The normalized spacial score (nSPS) is 37.9. The van der Waals surface area contributed by atoms with E-state index in [4.69, 9.17) is 14.6 Å². The van der Waals surface area contributed by atoms with Crippen LogP contribution in [0.2, 0.25) is 0 Å². The lowest BCUT2D eigenvalue weighted by Gasteiger charge is -2.75. The van der Waals surface area contributed by atoms with Gasteiger partial charge in [-0.05, 0) is 87.8 Å². The fourth-order valence-corrected chi connectivity index (χ4v) is 9.91. The van der Waals surface area contributed by atoms with Crippen molar-refractivity contribution in [1.82, 2.24) is 4.90 Å². The quantitative estimate of drug-likeness (QED) is 0.389. The Morgan fingerprint density at radius 2 is 1.90 bits per heavy atom. The third-order valence-corrected chi connectivity index (χ3v) is 12.6. The summed E-state index contributed by atoms with van der Waals surface area (Å²) < 4.78 is 13.5. The van der Waals surface area contributed by atoms with Gasteiger partial charge in [0.1, 0.15) is 11.7 Å². The predicted octanol–water partition coefficient (Wildman–Crippen LogP) is 5.68. The van der Waals surface area contributed by atoms with Crippen LogP contribution >= 0.6 is 0 Å². The van der Waals surface area contributed by atoms with Gasteiger partial charge in [-0.15, -0.1) is 0 Å². The second-order valence-corrected chi connectivity index (χ2v) is 15.3. The number of benzene rings is 1. The van der Waals surface area contributed by atoms with Gasteiger partial charge in [0.05, 0.1) is 5.60 Å². The highest BCUT2D eigenvalue weighted by Gasteiger charge is 2.82. The first-order valence-corrected chi connectivity index (χ1v) is 16.0. The van der Waals surface area contributed by atoms with E-state index >= 15 is 0 Å². The molecule has 8 rings (SSSR count). The highest BCUT2D eigenvalue weighted by Crippen LogP contribution is 2.78. The Morgan fingerprint density at radius 3 is 2.49 bits per heavy atom. The zero-order chi connectivity index (χ0) is 29.6. The van der Waals surface area contributed by atoms with Crippen LogP contribution in [0.3, 0.4) is 0 Å². The van der Waals surface area contributed by atoms with Crippen LogP contribution in [0, 0.1) is 22.7 Å². The largest absolute Gasteiger partial charge is 0.504 e. The number of hydrogen-bond acceptors (Lipinski definition) is 6. The smallest absolute Gasteiger partial charge is 0.303 e. The van der Waals surface area contributed by atoms with E-state index in [1.807, 2.05) is 27.0 Å². The van der Waals surface area contributed by atoms with Crippen LogP contribution in [0.1, 0.15) is 104 Å². The first kappa shape index (κ1) is 29.3. The first-order chi connectivity index (χ1) is 19.3. The van der Waals surface area contributed by atoms with Gasteiger partial charge in [-0.25, -0.2) is 0 Å². The highest BCUT2D eigenvalue weighted by atomic mass is 16.6. The molecule has 2 aliphatic heterocycles. The number of carboxylic acids is 1. The Kier molecular flexibility index (Phi) is 6.84. The summed E-state index contributed by atoms with van der Waals surface area (Å²) in [5.41, 5.74) is 0.783. The molecule has 2 heterocycles. The number of likely N-dealkylation sites (tertiary alicyclic amines) is 1. The number of nitrogens with zero attached hydrogens (tertiary/aromatic N) is 1. The number of carbonyl (C=O) groups is 1. The summed E-state index contributed by atoms with van der Waals surface area (Å²) in [5.74, 6) is 1.11. The van der Waals surface area contributed by atoms with Crippen molar-refractivity contribution in [3.8, 4) is 11.5 Å². The number of phenolic OH excluding ortho intramolecular Hbond substituents is 1. The van der Waals surface area contributed by atoms with Gasteiger partial charge in [0.25, 0.3) is 0 Å². The number of carboxylic acid groups (broad SMARTS) is 1. The number of hydrogen-bond donors (Lipinski definition) is 3. The number of fused-ring (bicyclic) bond motifs is 2. The van der Waals surface area contributed by atoms with Gasteiger partial charge in [0.15, 0.2) is 11.5 Å². The molecule has 1 saturated heterocycles. The van der Waals surface area contributed by atoms with Crippen molar-refractivity contribution < 1.29 is 29.6 Å². The molecule has 5 aliphatic carbocycles. The molecule has 4 bridgehead atoms. The average Bonchev–Trinajstić information content (AvgIpc) is 3.66. The Labute approximate surface area is 245 Å². The summed E-state index contributed by atoms with van der Waals surface area (Å²) >= 11 is 0. The minimum Gasteiger partial charge on any atom is -0.504 e. The van der Waals surface area contributed by atoms with Crippen LogP contribution in [0.5, 0.6) is 11.5 Å². The Morgan fingerprint density at radius 1 is 1.17 bits per heavy atom. The summed E-state index contributed by atoms with van der Waals surface area (Å²) in [4.78, 5) is 12.6. The number of aromatic hydroxyl groups is 1. The Hall–Kier alpha value is -1.83. The standard InChI is InChI=1S/C29H41NO4.C5H10O2/c1-25(2,3)26(4,32)20-15-27-10-11-29(20,33-5)24-28(27)12-13-30(16-17-6-7-17)21(27)14-18-8-9-19(31)23(34-24)22(18)28;1-2-3-4-5(6)7/h8-9,17,20-21,24,31-32H,6-7,10-16H2,1-5H3;2-4H2,1H3,(H,6,7)/t20-,21-,24-,26+,27-,28+,29+;/m1./s1. The fourth-order valence-electron chi connectivity index (χ4n) is 9.91. The van der Waals surface area contributed by atoms with Crippen LogP contribution < -0.4 is 4.74 Å². The van der Waals surface area contributed by atoms with Crippen molar-refractivity contribution in [3.63, 3.8) is 0 Å². The van der Waals surface area contributed by atoms with Crippen molar-refractivity contribution in [2.75, 3.05) is 20.2 Å². The molecule has 41 heavy (non-hydrogen) atoms. The van der Waals surface area contributed by atoms with Crippen molar-refractivity contribution in [2.24, 2.45) is 22.7 Å². The molecule has 4 saturated carbocycles. The SMILES string of the molecule is CCCCC(=O)O.CO[C@@]12CC[C@@]3(C[C@@H]1[C@](C)(O)C(C)(C)C)[C@H]1Cc4ccc(O)c5c4[C@@]3(CCN1CC1CC1)[C@H]2O5. The van der Waals surface area contributed by atoms with E-state index in [1.165, 1.54) is 30.5 Å². The first-order valence-electron chi connectivity index (χ1n) is 16.0. The van der Waals surface area contributed by atoms with Gasteiger partial charge in [0.2, 0.25) is 0 Å². The molecule has 7 aliphatic rings. The van der Waals surface area contributed by atoms with Crippen LogP contribution in [0.4, 0.5) is 0 Å². The second-order valence-electron chi connectivity index (χ2n) is 15.3. The van der Waals surface area contributed by atoms with Gasteiger partial charge in [-0.1, -0.05) is 40.2 Å². The molecule has 3 N–H and O–H groups in total. The number of ether oxygens (including phenoxy) is 2. The van der Waals surface area contributed by atoms with E-state index in [-0.39, 0.29) is 34.0 Å². The Balaban J connectivity index is 0.000000387. The molecule has 0 radical (unpaired) electrons. The van der Waals surface area contributed by atoms with Crippen LogP contribution in [-0.4, -0.2) is 69.7 Å². The van der Waals surface area contributed by atoms with Gasteiger partial charge < -0.3 is 24.8 Å². The number of aliphatic carboxylic acids is 1. The molecule has 7 nitrogen and oxygen atoms in total. The molecule has 1 aromatic rings. The van der Waals surface area contributed by atoms with E-state index in [9.17, 15) is 15.0 Å². The molecule has 0 aromatic heterocycles. The molecule has 7 heteroatoms. The number of rotatable bonds is 7. The van der Waals surface area contributed by atoms with E-state index in [0.29, 0.717) is 18.2 Å². The van der Waals surface area contributed by atoms with Gasteiger partial charge >= 0.3 is 5.97 Å². The van der Waals surface area contributed by atoms with Crippen molar-refractivity contribution in [2.45, 2.75) is 128 Å². The van der Waals surface area contributed by atoms with Crippen LogP contribution in [0.15, 0.2) is 12.1 Å². The summed E-state index contributed by atoms with van der Waals surface area (Å²) in [6.07, 6.45) is 9.72. The topological polar surface area (TPSA) is 99.5 Å². The zero-order valence-electron chi connectivity index (χ0n) is 26.0. The minimum atomic E-state index is -0.909. The maximum Gasteiger partial charge on any atom is 0.303 e. The van der Waals surface area contributed by atoms with Gasteiger partial charge in [-0.3, -0.25) is 9.69 Å². The maximum absolute atomic E-state index is 12.2. The highest BCUT2D eigenvalue weighted by molar-refractivity contribution is 5.66. The molecule has 0 amide bonds. The number of methoxy groups -OCH3 is 1. The number of unbranched alkanes of at least 4 members (excludes halogenated alkanes) is 1. The number of aliphatic hydroxyl groups is 1. The predicted molar refractivity (Wildman–Crippen MR) is 157 cm³/mol. The lowest BCUT2D eigenvalue weighted by Crippen LogP contribution is -2.83. The monoisotopic (exact) mass is 569 g/mol. The molecular formula is C34H51NO6. The average molecular weight is 570 g/mol. The second kappa shape index (κ2) is 9.59. The van der Waals surface area contributed by atoms with E-state index in [1.54, 1.807) is 0 Å². The molecular weight excluding hydrogens is 518 g/mol. The summed E-state index contributed by atoms with van der Waals surface area (Å²) in [7, 11) is 1.83. The minimum absolute atomic E-state index is 0.0294. The van der Waals surface area contributed by atoms with Gasteiger partial charge in [-0.2, -0.15) is 0 Å². The van der Waals surface area contributed by atoms with E-state index in [2.05, 4.69) is 31.7 Å². The number of piperidine rings is 1. The lowest BCUT2D eigenvalue weighted by atomic mass is 9.33. The fraction of sp³-hybridized carbons (Fsp3) is 0.794. The van der Waals surface area contributed by atoms with Crippen molar-refractivity contribution in [1.29, 1.82) is 0 Å². The molecule has 228 valence electrons. The van der Waals surface area contributed by atoms with Crippen molar-refractivity contribution in [3.05, 3.63) is 23.3 Å². The maximum atomic E-state index is 12.2. The number of phenols is 1. The lowest BCUT2D eigenvalue weighted by molar-refractivity contribution is -0.312.